The Kier molecular flexibility index (Phi) is 5.33. The molecule has 1 aromatic carbocycles. The molecule has 0 aromatic heterocycles. The van der Waals surface area contributed by atoms with E-state index >= 15 is 0 Å². The number of benzene rings is 1. The van der Waals surface area contributed by atoms with E-state index in [1.54, 1.807) is 7.11 Å². The third-order valence-corrected chi connectivity index (χ3v) is 3.27. The number of nitrogens with one attached hydrogen (secondary N) is 1. The van der Waals surface area contributed by atoms with E-state index in [1.165, 1.54) is 5.56 Å². The molecule has 1 atom stereocenters. The Labute approximate surface area is 110 Å². The summed E-state index contributed by atoms with van der Waals surface area (Å²) < 4.78 is 5.38. The van der Waals surface area contributed by atoms with Crippen molar-refractivity contribution >= 4 is 0 Å². The lowest BCUT2D eigenvalue weighted by Gasteiger charge is -2.24. The second-order valence-corrected chi connectivity index (χ2v) is 5.12. The molecule has 1 aromatic rings. The van der Waals surface area contributed by atoms with Crippen LogP contribution >= 0.6 is 0 Å². The van der Waals surface area contributed by atoms with Crippen LogP contribution in [-0.4, -0.2) is 19.3 Å². The third-order valence-electron chi connectivity index (χ3n) is 3.27. The van der Waals surface area contributed by atoms with Crippen molar-refractivity contribution in [3.8, 4) is 6.07 Å². The van der Waals surface area contributed by atoms with Gasteiger partial charge in [-0.1, -0.05) is 12.1 Å². The molecule has 0 heterocycles. The van der Waals surface area contributed by atoms with Gasteiger partial charge in [0.1, 0.15) is 0 Å². The molecule has 0 amide bonds. The van der Waals surface area contributed by atoms with Crippen molar-refractivity contribution in [1.29, 1.82) is 5.26 Å². The summed E-state index contributed by atoms with van der Waals surface area (Å²) in [6.45, 7) is 7.20. The third kappa shape index (κ3) is 4.48. The van der Waals surface area contributed by atoms with Gasteiger partial charge in [0.2, 0.25) is 0 Å². The Morgan fingerprint density at radius 2 is 1.94 bits per heavy atom. The van der Waals surface area contributed by atoms with Gasteiger partial charge in [0.05, 0.1) is 17.2 Å². The van der Waals surface area contributed by atoms with Crippen LogP contribution < -0.4 is 5.32 Å². The second-order valence-electron chi connectivity index (χ2n) is 5.12. The summed E-state index contributed by atoms with van der Waals surface area (Å²) in [5, 5.41) is 12.2. The standard InChI is InChI=1S/C15H22N2O/c1-12(17-10-9-15(2,3)18-4)14-7-5-13(11-16)6-8-14/h5-8,12,17H,9-10H2,1-4H3. The lowest BCUT2D eigenvalue weighted by molar-refractivity contribution is 0.0154. The molecule has 1 rings (SSSR count). The highest BCUT2D eigenvalue weighted by molar-refractivity contribution is 5.32. The topological polar surface area (TPSA) is 45.0 Å². The molecule has 0 saturated carbocycles. The molecule has 0 aliphatic carbocycles. The van der Waals surface area contributed by atoms with E-state index in [9.17, 15) is 0 Å². The first-order valence-electron chi connectivity index (χ1n) is 6.27. The highest BCUT2D eigenvalue weighted by Crippen LogP contribution is 2.15. The van der Waals surface area contributed by atoms with E-state index in [2.05, 4.69) is 32.2 Å². The molecule has 18 heavy (non-hydrogen) atoms. The van der Waals surface area contributed by atoms with Gasteiger partial charge in [0, 0.05) is 13.2 Å². The molecular formula is C15H22N2O. The fraction of sp³-hybridized carbons (Fsp3) is 0.533. The summed E-state index contributed by atoms with van der Waals surface area (Å²) >= 11 is 0. The molecule has 3 heteroatoms. The predicted octanol–water partition coefficient (Wildman–Crippen LogP) is 3.02. The number of methoxy groups -OCH3 is 1. The van der Waals surface area contributed by atoms with E-state index < -0.39 is 0 Å². The van der Waals surface area contributed by atoms with E-state index in [0.717, 1.165) is 13.0 Å². The van der Waals surface area contributed by atoms with Crippen LogP contribution in [0.4, 0.5) is 0 Å². The van der Waals surface area contributed by atoms with Gasteiger partial charge in [-0.15, -0.1) is 0 Å². The largest absolute Gasteiger partial charge is 0.379 e. The number of hydrogen-bond donors (Lipinski definition) is 1. The maximum Gasteiger partial charge on any atom is 0.0991 e. The molecule has 0 fully saturated rings. The molecule has 98 valence electrons. The highest BCUT2D eigenvalue weighted by Gasteiger charge is 2.16. The van der Waals surface area contributed by atoms with Crippen LogP contribution in [0.5, 0.6) is 0 Å². The first-order valence-corrected chi connectivity index (χ1v) is 6.27. The van der Waals surface area contributed by atoms with Crippen LogP contribution in [0.2, 0.25) is 0 Å². The van der Waals surface area contributed by atoms with Crippen LogP contribution in [-0.2, 0) is 4.74 Å². The molecule has 0 radical (unpaired) electrons. The Balaban J connectivity index is 2.45. The molecule has 0 saturated heterocycles. The molecule has 0 spiro atoms. The summed E-state index contributed by atoms with van der Waals surface area (Å²) in [6, 6.07) is 10.1. The smallest absolute Gasteiger partial charge is 0.0991 e. The van der Waals surface area contributed by atoms with Crippen LogP contribution in [0.1, 0.15) is 44.4 Å². The van der Waals surface area contributed by atoms with Crippen LogP contribution in [0.3, 0.4) is 0 Å². The Hall–Kier alpha value is -1.37. The van der Waals surface area contributed by atoms with Gasteiger partial charge in [-0.2, -0.15) is 5.26 Å². The van der Waals surface area contributed by atoms with E-state index in [0.29, 0.717) is 5.56 Å². The zero-order valence-electron chi connectivity index (χ0n) is 11.7. The normalized spacial score (nSPS) is 13.1. The fourth-order valence-electron chi connectivity index (χ4n) is 1.66. The molecule has 1 unspecified atom stereocenters. The lowest BCUT2D eigenvalue weighted by Crippen LogP contribution is -2.30. The summed E-state index contributed by atoms with van der Waals surface area (Å²) in [7, 11) is 1.74. The predicted molar refractivity (Wildman–Crippen MR) is 73.3 cm³/mol. The lowest BCUT2D eigenvalue weighted by atomic mass is 10.0. The molecule has 1 N–H and O–H groups in total. The minimum absolute atomic E-state index is 0.0859. The molecule has 0 aliphatic rings. The van der Waals surface area contributed by atoms with E-state index in [4.69, 9.17) is 10.00 Å². The minimum Gasteiger partial charge on any atom is -0.379 e. The Morgan fingerprint density at radius 1 is 1.33 bits per heavy atom. The first-order chi connectivity index (χ1) is 8.48. The summed E-state index contributed by atoms with van der Waals surface area (Å²) in [6.07, 6.45) is 0.962. The average molecular weight is 246 g/mol. The van der Waals surface area contributed by atoms with Crippen molar-refractivity contribution < 1.29 is 4.74 Å². The molecule has 0 aliphatic heterocycles. The van der Waals surface area contributed by atoms with Crippen molar-refractivity contribution in [2.45, 2.75) is 38.8 Å². The molecular weight excluding hydrogens is 224 g/mol. The van der Waals surface area contributed by atoms with Crippen molar-refractivity contribution in [1.82, 2.24) is 5.32 Å². The molecule has 0 bridgehead atoms. The number of rotatable bonds is 6. The SMILES string of the molecule is COC(C)(C)CCNC(C)c1ccc(C#N)cc1. The van der Waals surface area contributed by atoms with Gasteiger partial charge in [-0.3, -0.25) is 0 Å². The zero-order valence-corrected chi connectivity index (χ0v) is 11.7. The van der Waals surface area contributed by atoms with Crippen molar-refractivity contribution in [3.63, 3.8) is 0 Å². The maximum absolute atomic E-state index is 8.75. The van der Waals surface area contributed by atoms with Crippen molar-refractivity contribution in [2.75, 3.05) is 13.7 Å². The maximum atomic E-state index is 8.75. The van der Waals surface area contributed by atoms with E-state index in [1.807, 2.05) is 24.3 Å². The quantitative estimate of drug-likeness (QED) is 0.839. The van der Waals surface area contributed by atoms with Gasteiger partial charge >= 0.3 is 0 Å². The van der Waals surface area contributed by atoms with Gasteiger partial charge in [-0.25, -0.2) is 0 Å². The zero-order chi connectivity index (χ0) is 13.6. The van der Waals surface area contributed by atoms with Crippen molar-refractivity contribution in [2.24, 2.45) is 0 Å². The monoisotopic (exact) mass is 246 g/mol. The molecule has 3 nitrogen and oxygen atoms in total. The second kappa shape index (κ2) is 6.53. The summed E-state index contributed by atoms with van der Waals surface area (Å²) in [5.41, 5.74) is 1.81. The van der Waals surface area contributed by atoms with Crippen LogP contribution in [0, 0.1) is 11.3 Å². The number of nitrogens with zero attached hydrogens (tertiary/aromatic N) is 1. The van der Waals surface area contributed by atoms with Gasteiger partial charge in [0.15, 0.2) is 0 Å². The van der Waals surface area contributed by atoms with Gasteiger partial charge in [0.25, 0.3) is 0 Å². The van der Waals surface area contributed by atoms with Gasteiger partial charge < -0.3 is 10.1 Å². The van der Waals surface area contributed by atoms with Crippen molar-refractivity contribution in [3.05, 3.63) is 35.4 Å². The number of hydrogen-bond acceptors (Lipinski definition) is 3. The number of ether oxygens (including phenoxy) is 1. The Morgan fingerprint density at radius 3 is 2.44 bits per heavy atom. The van der Waals surface area contributed by atoms with Crippen LogP contribution in [0.15, 0.2) is 24.3 Å². The highest BCUT2D eigenvalue weighted by atomic mass is 16.5. The van der Waals surface area contributed by atoms with Gasteiger partial charge in [-0.05, 0) is 51.4 Å². The first kappa shape index (κ1) is 14.7. The number of nitriles is 1. The van der Waals surface area contributed by atoms with E-state index in [-0.39, 0.29) is 11.6 Å². The Bertz CT molecular complexity index is 403. The fourth-order valence-corrected chi connectivity index (χ4v) is 1.66. The summed E-state index contributed by atoms with van der Waals surface area (Å²) in [5.74, 6) is 0. The van der Waals surface area contributed by atoms with Crippen LogP contribution in [0.25, 0.3) is 0 Å². The average Bonchev–Trinajstić information content (AvgIpc) is 2.38. The summed E-state index contributed by atoms with van der Waals surface area (Å²) in [4.78, 5) is 0. The minimum atomic E-state index is -0.0859.